The van der Waals surface area contributed by atoms with E-state index in [0.29, 0.717) is 17.6 Å². The summed E-state index contributed by atoms with van der Waals surface area (Å²) in [5.41, 5.74) is 1.20. The number of methoxy groups -OCH3 is 1. The van der Waals surface area contributed by atoms with Crippen molar-refractivity contribution in [3.8, 4) is 0 Å². The summed E-state index contributed by atoms with van der Waals surface area (Å²) in [6.07, 6.45) is 5.08. The van der Waals surface area contributed by atoms with E-state index in [4.69, 9.17) is 14.5 Å². The number of aromatic nitrogens is 2. The van der Waals surface area contributed by atoms with Gasteiger partial charge in [0, 0.05) is 11.5 Å². The van der Waals surface area contributed by atoms with Crippen molar-refractivity contribution in [2.75, 3.05) is 19.5 Å². The quantitative estimate of drug-likeness (QED) is 0.430. The Bertz CT molecular complexity index is 915. The van der Waals surface area contributed by atoms with E-state index in [1.54, 1.807) is 15.9 Å². The van der Waals surface area contributed by atoms with Gasteiger partial charge in [0.15, 0.2) is 5.16 Å². The first-order valence-electron chi connectivity index (χ1n) is 9.43. The number of ether oxygens (including phenoxy) is 2. The molecule has 0 saturated carbocycles. The molecule has 1 aliphatic carbocycles. The van der Waals surface area contributed by atoms with Crippen molar-refractivity contribution in [1.29, 1.82) is 0 Å². The van der Waals surface area contributed by atoms with Gasteiger partial charge in [0.25, 0.3) is 5.56 Å². The molecule has 2 aliphatic rings. The summed E-state index contributed by atoms with van der Waals surface area (Å²) in [6.45, 7) is 3.49. The highest BCUT2D eigenvalue weighted by molar-refractivity contribution is 7.99. The Morgan fingerprint density at radius 1 is 1.44 bits per heavy atom. The topological polar surface area (TPSA) is 70.4 Å². The molecule has 3 heterocycles. The molecular weight excluding hydrogens is 384 g/mol. The molecule has 0 amide bonds. The zero-order valence-electron chi connectivity index (χ0n) is 15.7. The summed E-state index contributed by atoms with van der Waals surface area (Å²) in [7, 11) is 1.37. The van der Waals surface area contributed by atoms with Gasteiger partial charge in [-0.15, -0.1) is 11.3 Å². The van der Waals surface area contributed by atoms with Gasteiger partial charge in [-0.3, -0.25) is 14.2 Å². The Hall–Kier alpha value is -1.38. The van der Waals surface area contributed by atoms with Crippen molar-refractivity contribution < 1.29 is 14.3 Å². The van der Waals surface area contributed by atoms with Crippen LogP contribution in [0.15, 0.2) is 9.95 Å². The molecule has 1 aliphatic heterocycles. The number of aryl methyl sites for hydroxylation is 1. The minimum absolute atomic E-state index is 0.00918. The molecule has 0 aromatic carbocycles. The number of fused-ring (bicyclic) bond motifs is 3. The summed E-state index contributed by atoms with van der Waals surface area (Å²) in [6, 6.07) is 0. The normalized spacial score (nSPS) is 22.1. The predicted molar refractivity (Wildman–Crippen MR) is 107 cm³/mol. The predicted octanol–water partition coefficient (Wildman–Crippen LogP) is 3.03. The smallest absolute Gasteiger partial charge is 0.316 e. The second-order valence-electron chi connectivity index (χ2n) is 7.34. The zero-order valence-corrected chi connectivity index (χ0v) is 17.3. The van der Waals surface area contributed by atoms with Crippen molar-refractivity contribution in [3.63, 3.8) is 0 Å². The van der Waals surface area contributed by atoms with Crippen LogP contribution in [0, 0.1) is 5.92 Å². The number of thiophene rings is 1. The highest BCUT2D eigenvalue weighted by Crippen LogP contribution is 2.36. The van der Waals surface area contributed by atoms with Gasteiger partial charge in [0.1, 0.15) is 4.83 Å². The number of esters is 1. The lowest BCUT2D eigenvalue weighted by Gasteiger charge is -2.18. The lowest BCUT2D eigenvalue weighted by Crippen LogP contribution is -2.29. The van der Waals surface area contributed by atoms with Crippen molar-refractivity contribution >= 4 is 39.3 Å². The van der Waals surface area contributed by atoms with Gasteiger partial charge in [-0.05, 0) is 43.6 Å². The molecule has 8 heteroatoms. The van der Waals surface area contributed by atoms with Crippen LogP contribution in [0.1, 0.15) is 36.6 Å². The van der Waals surface area contributed by atoms with Crippen molar-refractivity contribution in [1.82, 2.24) is 9.55 Å². The summed E-state index contributed by atoms with van der Waals surface area (Å²) >= 11 is 2.91. The first-order chi connectivity index (χ1) is 13.1. The SMILES string of the molecule is COC(=O)CSc1nc2sc3c(c2c(=O)n1C[C@H]1CCCO1)CC[C@H](C)C3. The van der Waals surface area contributed by atoms with E-state index >= 15 is 0 Å². The van der Waals surface area contributed by atoms with Crippen LogP contribution in [0.5, 0.6) is 0 Å². The number of carbonyl (C=O) groups is 1. The Kier molecular flexibility index (Phi) is 5.57. The fourth-order valence-corrected chi connectivity index (χ4v) is 6.12. The average molecular weight is 409 g/mol. The third-order valence-corrected chi connectivity index (χ3v) is 7.44. The standard InChI is InChI=1S/C19H24N2O4S2/c1-11-5-6-13-14(8-11)27-17-16(13)18(23)21(9-12-4-3-7-25-12)19(20-17)26-10-15(22)24-2/h11-12H,3-10H2,1-2H3/t11-,12+/m0/s1. The summed E-state index contributed by atoms with van der Waals surface area (Å²) in [5.74, 6) is 0.465. The Balaban J connectivity index is 1.78. The van der Waals surface area contributed by atoms with Gasteiger partial charge < -0.3 is 9.47 Å². The maximum Gasteiger partial charge on any atom is 0.316 e. The molecule has 6 nitrogen and oxygen atoms in total. The van der Waals surface area contributed by atoms with Gasteiger partial charge in [-0.25, -0.2) is 4.98 Å². The molecule has 0 spiro atoms. The molecule has 146 valence electrons. The van der Waals surface area contributed by atoms with Crippen molar-refractivity contribution in [3.05, 3.63) is 20.8 Å². The van der Waals surface area contributed by atoms with E-state index in [-0.39, 0.29) is 23.4 Å². The molecule has 0 bridgehead atoms. The number of hydrogen-bond donors (Lipinski definition) is 0. The van der Waals surface area contributed by atoms with E-state index < -0.39 is 0 Å². The van der Waals surface area contributed by atoms with Crippen LogP contribution in [-0.4, -0.2) is 41.1 Å². The maximum absolute atomic E-state index is 13.4. The summed E-state index contributed by atoms with van der Waals surface area (Å²) in [4.78, 5) is 31.9. The summed E-state index contributed by atoms with van der Waals surface area (Å²) in [5, 5.41) is 1.36. The molecule has 4 rings (SSSR count). The third kappa shape index (κ3) is 3.79. The van der Waals surface area contributed by atoms with Crippen LogP contribution in [-0.2, 0) is 33.7 Å². The number of hydrogen-bond acceptors (Lipinski definition) is 7. The van der Waals surface area contributed by atoms with Gasteiger partial charge in [0.05, 0.1) is 30.9 Å². The van der Waals surface area contributed by atoms with Gasteiger partial charge in [0.2, 0.25) is 0 Å². The minimum atomic E-state index is -0.322. The van der Waals surface area contributed by atoms with Crippen LogP contribution >= 0.6 is 23.1 Å². The fraction of sp³-hybridized carbons (Fsp3) is 0.632. The van der Waals surface area contributed by atoms with Crippen LogP contribution in [0.3, 0.4) is 0 Å². The molecule has 0 unspecified atom stereocenters. The molecule has 1 fully saturated rings. The highest BCUT2D eigenvalue weighted by atomic mass is 32.2. The largest absolute Gasteiger partial charge is 0.468 e. The highest BCUT2D eigenvalue weighted by Gasteiger charge is 2.26. The molecule has 2 aromatic rings. The molecule has 2 atom stereocenters. The van der Waals surface area contributed by atoms with E-state index in [1.807, 2.05) is 0 Å². The van der Waals surface area contributed by atoms with E-state index in [2.05, 4.69) is 6.92 Å². The van der Waals surface area contributed by atoms with Gasteiger partial charge in [-0.2, -0.15) is 0 Å². The molecule has 0 radical (unpaired) electrons. The molecule has 27 heavy (non-hydrogen) atoms. The first kappa shape index (κ1) is 19.0. The van der Waals surface area contributed by atoms with Gasteiger partial charge >= 0.3 is 5.97 Å². The summed E-state index contributed by atoms with van der Waals surface area (Å²) < 4.78 is 12.2. The lowest BCUT2D eigenvalue weighted by atomic mass is 9.89. The second-order valence-corrected chi connectivity index (χ2v) is 9.37. The number of carbonyl (C=O) groups excluding carboxylic acids is 1. The third-order valence-electron chi connectivity index (χ3n) is 5.34. The average Bonchev–Trinajstić information content (AvgIpc) is 3.29. The minimum Gasteiger partial charge on any atom is -0.468 e. The van der Waals surface area contributed by atoms with E-state index in [0.717, 1.165) is 48.9 Å². The first-order valence-corrected chi connectivity index (χ1v) is 11.2. The van der Waals surface area contributed by atoms with Crippen LogP contribution < -0.4 is 5.56 Å². The lowest BCUT2D eigenvalue weighted by molar-refractivity contribution is -0.137. The molecule has 0 N–H and O–H groups in total. The van der Waals surface area contributed by atoms with Gasteiger partial charge in [-0.1, -0.05) is 18.7 Å². The fourth-order valence-electron chi connectivity index (χ4n) is 3.85. The second kappa shape index (κ2) is 7.93. The van der Waals surface area contributed by atoms with Crippen molar-refractivity contribution in [2.24, 2.45) is 5.92 Å². The van der Waals surface area contributed by atoms with E-state index in [9.17, 15) is 9.59 Å². The zero-order chi connectivity index (χ0) is 19.0. The number of thioether (sulfide) groups is 1. The van der Waals surface area contributed by atoms with Crippen LogP contribution in [0.4, 0.5) is 0 Å². The Morgan fingerprint density at radius 2 is 2.30 bits per heavy atom. The van der Waals surface area contributed by atoms with E-state index in [1.165, 1.54) is 29.3 Å². The van der Waals surface area contributed by atoms with Crippen LogP contribution in [0.25, 0.3) is 10.2 Å². The Labute approximate surface area is 166 Å². The number of rotatable bonds is 5. The Morgan fingerprint density at radius 3 is 3.04 bits per heavy atom. The van der Waals surface area contributed by atoms with Crippen LogP contribution in [0.2, 0.25) is 0 Å². The molecule has 1 saturated heterocycles. The molecule has 2 aromatic heterocycles. The molecular formula is C19H24N2O4S2. The monoisotopic (exact) mass is 408 g/mol. The number of nitrogens with zero attached hydrogens (tertiary/aromatic N) is 2. The maximum atomic E-state index is 13.4. The van der Waals surface area contributed by atoms with Crippen molar-refractivity contribution in [2.45, 2.75) is 56.8 Å².